The minimum absolute atomic E-state index is 0.0649. The van der Waals surface area contributed by atoms with E-state index in [1.165, 1.54) is 11.3 Å². The summed E-state index contributed by atoms with van der Waals surface area (Å²) in [6.07, 6.45) is 0.558. The molecule has 2 aromatic rings. The zero-order chi connectivity index (χ0) is 15.6. The smallest absolute Gasteiger partial charge is 0.266 e. The maximum absolute atomic E-state index is 12.6. The number of aryl methyl sites for hydroxylation is 2. The number of hydrogen-bond donors (Lipinski definition) is 2. The molecular formula is C14H20N4O2S. The Morgan fingerprint density at radius 2 is 2.10 bits per heavy atom. The summed E-state index contributed by atoms with van der Waals surface area (Å²) in [6.45, 7) is 6.88. The van der Waals surface area contributed by atoms with E-state index in [1.807, 2.05) is 20.8 Å². The zero-order valence-corrected chi connectivity index (χ0v) is 13.3. The SMILES string of the molecule is CCN(CCCO)C(=O)c1sc2nnc(C)c(C)c2c1N. The molecule has 0 saturated carbocycles. The van der Waals surface area contributed by atoms with Crippen LogP contribution in [0.15, 0.2) is 0 Å². The number of amides is 1. The Morgan fingerprint density at radius 1 is 1.38 bits per heavy atom. The molecule has 2 rings (SSSR count). The number of carbonyl (C=O) groups excluding carboxylic acids is 1. The van der Waals surface area contributed by atoms with Crippen LogP contribution in [0.3, 0.4) is 0 Å². The van der Waals surface area contributed by atoms with Gasteiger partial charge in [-0.1, -0.05) is 0 Å². The molecule has 21 heavy (non-hydrogen) atoms. The minimum atomic E-state index is -0.108. The average Bonchev–Trinajstić information content (AvgIpc) is 2.81. The minimum Gasteiger partial charge on any atom is -0.397 e. The summed E-state index contributed by atoms with van der Waals surface area (Å²) in [6, 6.07) is 0. The van der Waals surface area contributed by atoms with Crippen LogP contribution < -0.4 is 5.73 Å². The van der Waals surface area contributed by atoms with Gasteiger partial charge in [-0.25, -0.2) is 0 Å². The molecule has 0 saturated heterocycles. The van der Waals surface area contributed by atoms with Crippen LogP contribution in [0.1, 0.15) is 34.3 Å². The van der Waals surface area contributed by atoms with E-state index < -0.39 is 0 Å². The number of rotatable bonds is 5. The van der Waals surface area contributed by atoms with Crippen molar-refractivity contribution in [3.63, 3.8) is 0 Å². The number of aliphatic hydroxyl groups excluding tert-OH is 1. The Bertz CT molecular complexity index is 669. The van der Waals surface area contributed by atoms with Gasteiger partial charge in [0.1, 0.15) is 9.71 Å². The molecule has 0 aliphatic rings. The van der Waals surface area contributed by atoms with Crippen LogP contribution in [0.5, 0.6) is 0 Å². The molecular weight excluding hydrogens is 288 g/mol. The number of anilines is 1. The molecule has 0 unspecified atom stereocenters. The molecule has 6 nitrogen and oxygen atoms in total. The summed E-state index contributed by atoms with van der Waals surface area (Å²) in [4.78, 5) is 15.5. The molecule has 2 heterocycles. The first kappa shape index (κ1) is 15.7. The fraction of sp³-hybridized carbons (Fsp3) is 0.500. The third-order valence-corrected chi connectivity index (χ3v) is 4.66. The molecule has 0 aliphatic carbocycles. The molecule has 0 aliphatic heterocycles. The van der Waals surface area contributed by atoms with E-state index >= 15 is 0 Å². The summed E-state index contributed by atoms with van der Waals surface area (Å²) in [5.74, 6) is -0.108. The van der Waals surface area contributed by atoms with Gasteiger partial charge in [-0.05, 0) is 32.8 Å². The Kier molecular flexibility index (Phi) is 4.74. The summed E-state index contributed by atoms with van der Waals surface area (Å²) in [7, 11) is 0. The molecule has 0 spiro atoms. The van der Waals surface area contributed by atoms with Crippen molar-refractivity contribution >= 4 is 33.1 Å². The van der Waals surface area contributed by atoms with Crippen molar-refractivity contribution in [3.8, 4) is 0 Å². The van der Waals surface area contributed by atoms with Crippen molar-refractivity contribution in [2.45, 2.75) is 27.2 Å². The molecule has 0 fully saturated rings. The highest BCUT2D eigenvalue weighted by atomic mass is 32.1. The van der Waals surface area contributed by atoms with Gasteiger partial charge in [0, 0.05) is 25.1 Å². The van der Waals surface area contributed by atoms with Gasteiger partial charge in [-0.15, -0.1) is 16.4 Å². The van der Waals surface area contributed by atoms with Gasteiger partial charge in [0.2, 0.25) is 0 Å². The van der Waals surface area contributed by atoms with Crippen LogP contribution in [0.25, 0.3) is 10.2 Å². The summed E-state index contributed by atoms with van der Waals surface area (Å²) < 4.78 is 0. The number of thiophene rings is 1. The molecule has 114 valence electrons. The molecule has 2 aromatic heterocycles. The molecule has 7 heteroatoms. The van der Waals surface area contributed by atoms with Crippen LogP contribution in [-0.4, -0.2) is 45.8 Å². The quantitative estimate of drug-likeness (QED) is 0.877. The zero-order valence-electron chi connectivity index (χ0n) is 12.5. The van der Waals surface area contributed by atoms with Gasteiger partial charge in [0.05, 0.1) is 11.4 Å². The lowest BCUT2D eigenvalue weighted by Crippen LogP contribution is -2.32. The van der Waals surface area contributed by atoms with Crippen molar-refractivity contribution in [1.82, 2.24) is 15.1 Å². The van der Waals surface area contributed by atoms with Crippen molar-refractivity contribution in [2.75, 3.05) is 25.4 Å². The van der Waals surface area contributed by atoms with E-state index in [1.54, 1.807) is 4.90 Å². The van der Waals surface area contributed by atoms with Gasteiger partial charge in [0.25, 0.3) is 5.91 Å². The number of nitrogens with two attached hydrogens (primary N) is 1. The summed E-state index contributed by atoms with van der Waals surface area (Å²) in [5, 5.41) is 18.0. The van der Waals surface area contributed by atoms with Crippen molar-refractivity contribution in [3.05, 3.63) is 16.1 Å². The average molecular weight is 308 g/mol. The van der Waals surface area contributed by atoms with Gasteiger partial charge in [0.15, 0.2) is 0 Å². The highest BCUT2D eigenvalue weighted by Crippen LogP contribution is 2.35. The number of hydrogen-bond acceptors (Lipinski definition) is 6. The molecule has 3 N–H and O–H groups in total. The summed E-state index contributed by atoms with van der Waals surface area (Å²) in [5.41, 5.74) is 8.44. The molecule has 0 aromatic carbocycles. The topological polar surface area (TPSA) is 92.3 Å². The van der Waals surface area contributed by atoms with Crippen molar-refractivity contribution in [2.24, 2.45) is 0 Å². The van der Waals surface area contributed by atoms with E-state index in [-0.39, 0.29) is 12.5 Å². The second-order valence-electron chi connectivity index (χ2n) is 4.90. The predicted molar refractivity (Wildman–Crippen MR) is 84.6 cm³/mol. The maximum atomic E-state index is 12.6. The fourth-order valence-corrected chi connectivity index (χ4v) is 3.28. The van der Waals surface area contributed by atoms with E-state index in [0.717, 1.165) is 16.6 Å². The van der Waals surface area contributed by atoms with Crippen molar-refractivity contribution in [1.29, 1.82) is 0 Å². The first-order valence-corrected chi connectivity index (χ1v) is 7.74. The Hall–Kier alpha value is -1.73. The van der Waals surface area contributed by atoms with Crippen LogP contribution in [0, 0.1) is 13.8 Å². The highest BCUT2D eigenvalue weighted by Gasteiger charge is 2.23. The van der Waals surface area contributed by atoms with E-state index in [4.69, 9.17) is 10.8 Å². The van der Waals surface area contributed by atoms with E-state index in [9.17, 15) is 4.79 Å². The lowest BCUT2D eigenvalue weighted by atomic mass is 10.1. The third kappa shape index (κ3) is 2.84. The van der Waals surface area contributed by atoms with Crippen LogP contribution in [-0.2, 0) is 0 Å². The third-order valence-electron chi connectivity index (χ3n) is 3.58. The number of fused-ring (bicyclic) bond motifs is 1. The number of nitrogen functional groups attached to an aromatic ring is 1. The monoisotopic (exact) mass is 308 g/mol. The molecule has 0 atom stereocenters. The lowest BCUT2D eigenvalue weighted by molar-refractivity contribution is 0.0760. The molecule has 0 bridgehead atoms. The number of aliphatic hydroxyl groups is 1. The number of carbonyl (C=O) groups is 1. The lowest BCUT2D eigenvalue weighted by Gasteiger charge is -2.19. The van der Waals surface area contributed by atoms with E-state index in [2.05, 4.69) is 10.2 Å². The van der Waals surface area contributed by atoms with Gasteiger partial charge in [-0.2, -0.15) is 5.10 Å². The van der Waals surface area contributed by atoms with Crippen LogP contribution >= 0.6 is 11.3 Å². The second kappa shape index (κ2) is 6.36. The largest absolute Gasteiger partial charge is 0.397 e. The molecule has 1 amide bonds. The van der Waals surface area contributed by atoms with Gasteiger partial charge in [-0.3, -0.25) is 4.79 Å². The number of nitrogens with zero attached hydrogens (tertiary/aromatic N) is 3. The van der Waals surface area contributed by atoms with Gasteiger partial charge >= 0.3 is 0 Å². The first-order chi connectivity index (χ1) is 10.0. The molecule has 0 radical (unpaired) electrons. The van der Waals surface area contributed by atoms with Crippen LogP contribution in [0.2, 0.25) is 0 Å². The first-order valence-electron chi connectivity index (χ1n) is 6.93. The Labute approximate surface area is 127 Å². The normalized spacial score (nSPS) is 11.0. The van der Waals surface area contributed by atoms with E-state index in [0.29, 0.717) is 34.9 Å². The number of aromatic nitrogens is 2. The predicted octanol–water partition coefficient (Wildman–Crippen LogP) is 1.73. The van der Waals surface area contributed by atoms with Crippen LogP contribution in [0.4, 0.5) is 5.69 Å². The van der Waals surface area contributed by atoms with Crippen molar-refractivity contribution < 1.29 is 9.90 Å². The standard InChI is InChI=1S/C14H20N4O2S/c1-4-18(6-5-7-19)14(20)12-11(15)10-8(2)9(3)16-17-13(10)21-12/h19H,4-7,15H2,1-3H3. The summed E-state index contributed by atoms with van der Waals surface area (Å²) >= 11 is 1.28. The highest BCUT2D eigenvalue weighted by molar-refractivity contribution is 7.21. The maximum Gasteiger partial charge on any atom is 0.266 e. The Balaban J connectivity index is 2.44. The Morgan fingerprint density at radius 3 is 2.71 bits per heavy atom. The van der Waals surface area contributed by atoms with Gasteiger partial charge < -0.3 is 15.7 Å². The fourth-order valence-electron chi connectivity index (χ4n) is 2.21. The second-order valence-corrected chi connectivity index (χ2v) is 5.90.